The molecule has 86 valence electrons. The molecule has 5 heteroatoms. The van der Waals surface area contributed by atoms with Crippen molar-refractivity contribution in [3.63, 3.8) is 0 Å². The monoisotopic (exact) mass is 228 g/mol. The van der Waals surface area contributed by atoms with Crippen molar-refractivity contribution in [3.05, 3.63) is 11.1 Å². The van der Waals surface area contributed by atoms with Crippen LogP contribution in [0.3, 0.4) is 0 Å². The highest BCUT2D eigenvalue weighted by molar-refractivity contribution is 7.05. The number of nitrogens with one attached hydrogen (secondary N) is 1. The molecule has 1 rings (SSSR count). The van der Waals surface area contributed by atoms with Crippen molar-refractivity contribution >= 4 is 11.5 Å². The quantitative estimate of drug-likeness (QED) is 0.765. The second-order valence-electron chi connectivity index (χ2n) is 3.65. The molecule has 0 aromatic carbocycles. The second-order valence-corrected chi connectivity index (χ2v) is 4.52. The highest BCUT2D eigenvalue weighted by Crippen LogP contribution is 2.01. The first kappa shape index (κ1) is 12.5. The Balaban J connectivity index is 2.21. The summed E-state index contributed by atoms with van der Waals surface area (Å²) in [5, 5.41) is 7.28. The average Bonchev–Trinajstić information content (AvgIpc) is 2.75. The van der Waals surface area contributed by atoms with Gasteiger partial charge in [-0.2, -0.15) is 0 Å². The Kier molecular flexibility index (Phi) is 5.75. The molecule has 0 aliphatic rings. The third-order valence-electron chi connectivity index (χ3n) is 2.46. The van der Waals surface area contributed by atoms with Gasteiger partial charge in [0.15, 0.2) is 0 Å². The van der Waals surface area contributed by atoms with Gasteiger partial charge in [-0.15, -0.1) is 5.10 Å². The van der Waals surface area contributed by atoms with Crippen LogP contribution in [0.4, 0.5) is 0 Å². The van der Waals surface area contributed by atoms with E-state index < -0.39 is 0 Å². The summed E-state index contributed by atoms with van der Waals surface area (Å²) in [6.45, 7) is 10.8. The molecule has 0 saturated carbocycles. The predicted octanol–water partition coefficient (Wildman–Crippen LogP) is 1.36. The number of hydrogen-bond donors (Lipinski definition) is 1. The van der Waals surface area contributed by atoms with E-state index in [9.17, 15) is 0 Å². The molecule has 4 nitrogen and oxygen atoms in total. The summed E-state index contributed by atoms with van der Waals surface area (Å²) in [5.41, 5.74) is 0. The summed E-state index contributed by atoms with van der Waals surface area (Å²) in [6.07, 6.45) is 1.82. The lowest BCUT2D eigenvalue weighted by Crippen LogP contribution is -2.38. The fraction of sp³-hybridized carbons (Fsp3) is 0.800. The molecule has 0 fully saturated rings. The highest BCUT2D eigenvalue weighted by atomic mass is 32.1. The molecule has 1 heterocycles. The van der Waals surface area contributed by atoms with E-state index in [0.717, 1.165) is 26.2 Å². The van der Waals surface area contributed by atoms with E-state index in [4.69, 9.17) is 0 Å². The van der Waals surface area contributed by atoms with Gasteiger partial charge in [0.25, 0.3) is 0 Å². The molecule has 15 heavy (non-hydrogen) atoms. The van der Waals surface area contributed by atoms with Crippen molar-refractivity contribution in [2.24, 2.45) is 0 Å². The van der Waals surface area contributed by atoms with E-state index in [0.29, 0.717) is 6.04 Å². The van der Waals surface area contributed by atoms with Gasteiger partial charge in [-0.05, 0) is 31.5 Å². The zero-order chi connectivity index (χ0) is 11.1. The van der Waals surface area contributed by atoms with Crippen LogP contribution in [0.1, 0.15) is 25.6 Å². The number of aromatic nitrogens is 2. The van der Waals surface area contributed by atoms with Gasteiger partial charge in [-0.3, -0.25) is 0 Å². The number of likely N-dealkylation sites (N-methyl/N-ethyl adjacent to an activating group) is 1. The summed E-state index contributed by atoms with van der Waals surface area (Å²) >= 11 is 1.46. The minimum absolute atomic E-state index is 0.506. The van der Waals surface area contributed by atoms with Crippen molar-refractivity contribution in [2.75, 3.05) is 19.6 Å². The molecule has 1 N–H and O–H groups in total. The maximum Gasteiger partial charge on any atom is 0.0666 e. The van der Waals surface area contributed by atoms with Crippen LogP contribution in [0.25, 0.3) is 0 Å². The van der Waals surface area contributed by atoms with Gasteiger partial charge in [-0.1, -0.05) is 18.3 Å². The van der Waals surface area contributed by atoms with Gasteiger partial charge >= 0.3 is 0 Å². The Bertz CT molecular complexity index is 246. The molecular weight excluding hydrogens is 208 g/mol. The largest absolute Gasteiger partial charge is 0.308 e. The van der Waals surface area contributed by atoms with Gasteiger partial charge in [0, 0.05) is 19.1 Å². The molecule has 0 aliphatic heterocycles. The molecule has 0 radical (unpaired) electrons. The van der Waals surface area contributed by atoms with Gasteiger partial charge in [0.1, 0.15) is 0 Å². The minimum atomic E-state index is 0.506. The summed E-state index contributed by atoms with van der Waals surface area (Å²) in [7, 11) is 0. The first-order valence-electron chi connectivity index (χ1n) is 5.48. The first-order valence-corrected chi connectivity index (χ1v) is 6.25. The molecule has 0 saturated heterocycles. The van der Waals surface area contributed by atoms with Gasteiger partial charge in [-0.25, -0.2) is 0 Å². The van der Waals surface area contributed by atoms with E-state index in [2.05, 4.69) is 40.6 Å². The Morgan fingerprint density at radius 2 is 2.20 bits per heavy atom. The predicted molar refractivity (Wildman–Crippen MR) is 64.0 cm³/mol. The lowest BCUT2D eigenvalue weighted by Gasteiger charge is -2.23. The molecule has 1 aromatic rings. The molecule has 0 aliphatic carbocycles. The van der Waals surface area contributed by atoms with Crippen molar-refractivity contribution in [2.45, 2.75) is 33.4 Å². The Morgan fingerprint density at radius 1 is 1.47 bits per heavy atom. The van der Waals surface area contributed by atoms with Crippen LogP contribution in [0.15, 0.2) is 6.20 Å². The highest BCUT2D eigenvalue weighted by Gasteiger charge is 2.06. The number of hydrogen-bond acceptors (Lipinski definition) is 5. The SMILES string of the molecule is CCN(CC)CC(C)NCc1cnns1. The van der Waals surface area contributed by atoms with Crippen LogP contribution in [-0.2, 0) is 6.54 Å². The molecule has 0 bridgehead atoms. The Morgan fingerprint density at radius 3 is 2.73 bits per heavy atom. The van der Waals surface area contributed by atoms with Gasteiger partial charge in [0.05, 0.1) is 11.1 Å². The zero-order valence-corrected chi connectivity index (χ0v) is 10.5. The minimum Gasteiger partial charge on any atom is -0.308 e. The van der Waals surface area contributed by atoms with Gasteiger partial charge in [0.2, 0.25) is 0 Å². The number of rotatable bonds is 7. The average molecular weight is 228 g/mol. The van der Waals surface area contributed by atoms with E-state index in [-0.39, 0.29) is 0 Å². The Labute approximate surface area is 95.8 Å². The van der Waals surface area contributed by atoms with Crippen LogP contribution in [0, 0.1) is 0 Å². The maximum atomic E-state index is 3.83. The molecular formula is C10H20N4S. The zero-order valence-electron chi connectivity index (χ0n) is 9.73. The Hall–Kier alpha value is -0.520. The second kappa shape index (κ2) is 6.87. The van der Waals surface area contributed by atoms with Crippen LogP contribution in [0.2, 0.25) is 0 Å². The summed E-state index contributed by atoms with van der Waals surface area (Å²) < 4.78 is 3.83. The normalized spacial score (nSPS) is 13.3. The van der Waals surface area contributed by atoms with E-state index in [1.807, 2.05) is 6.20 Å². The molecule has 1 aromatic heterocycles. The fourth-order valence-corrected chi connectivity index (χ4v) is 1.92. The maximum absolute atomic E-state index is 3.83. The molecule has 1 unspecified atom stereocenters. The van der Waals surface area contributed by atoms with Crippen molar-refractivity contribution in [1.82, 2.24) is 19.8 Å². The molecule has 1 atom stereocenters. The van der Waals surface area contributed by atoms with Crippen LogP contribution >= 0.6 is 11.5 Å². The topological polar surface area (TPSA) is 41.0 Å². The van der Waals surface area contributed by atoms with Crippen molar-refractivity contribution in [3.8, 4) is 0 Å². The van der Waals surface area contributed by atoms with E-state index in [1.165, 1.54) is 16.4 Å². The third kappa shape index (κ3) is 4.68. The first-order chi connectivity index (χ1) is 7.26. The van der Waals surface area contributed by atoms with Crippen molar-refractivity contribution in [1.29, 1.82) is 0 Å². The fourth-order valence-electron chi connectivity index (χ4n) is 1.47. The summed E-state index contributed by atoms with van der Waals surface area (Å²) in [4.78, 5) is 3.61. The van der Waals surface area contributed by atoms with Crippen molar-refractivity contribution < 1.29 is 0 Å². The molecule has 0 amide bonds. The van der Waals surface area contributed by atoms with E-state index in [1.54, 1.807) is 0 Å². The van der Waals surface area contributed by atoms with Gasteiger partial charge < -0.3 is 10.2 Å². The van der Waals surface area contributed by atoms with E-state index >= 15 is 0 Å². The van der Waals surface area contributed by atoms with Crippen LogP contribution in [-0.4, -0.2) is 40.2 Å². The summed E-state index contributed by atoms with van der Waals surface area (Å²) in [5.74, 6) is 0. The van der Waals surface area contributed by atoms with Crippen LogP contribution < -0.4 is 5.32 Å². The smallest absolute Gasteiger partial charge is 0.0666 e. The third-order valence-corrected chi connectivity index (χ3v) is 3.12. The summed E-state index contributed by atoms with van der Waals surface area (Å²) in [6, 6.07) is 0.506. The lowest BCUT2D eigenvalue weighted by atomic mass is 10.3. The lowest BCUT2D eigenvalue weighted by molar-refractivity contribution is 0.271. The molecule has 0 spiro atoms. The number of nitrogens with zero attached hydrogens (tertiary/aromatic N) is 3. The standard InChI is InChI=1S/C10H20N4S/c1-4-14(5-2)8-9(3)11-6-10-7-12-13-15-10/h7,9,11H,4-6,8H2,1-3H3. The van der Waals surface area contributed by atoms with Crippen LogP contribution in [0.5, 0.6) is 0 Å².